The lowest BCUT2D eigenvalue weighted by molar-refractivity contribution is -0.123. The van der Waals surface area contributed by atoms with E-state index in [-0.39, 0.29) is 43.2 Å². The average molecular weight is 399 g/mol. The number of benzene rings is 1. The van der Waals surface area contributed by atoms with Crippen molar-refractivity contribution in [2.45, 2.75) is 32.1 Å². The summed E-state index contributed by atoms with van der Waals surface area (Å²) in [4.78, 5) is 35.4. The molecule has 3 amide bonds. The van der Waals surface area contributed by atoms with E-state index >= 15 is 0 Å². The summed E-state index contributed by atoms with van der Waals surface area (Å²) in [6.07, 6.45) is 5.10. The molecule has 1 aliphatic carbocycles. The predicted molar refractivity (Wildman–Crippen MR) is 106 cm³/mol. The topological polar surface area (TPSA) is 123 Å². The monoisotopic (exact) mass is 398 g/mol. The van der Waals surface area contributed by atoms with Gasteiger partial charge in [-0.05, 0) is 31.0 Å². The number of methoxy groups -OCH3 is 1. The van der Waals surface area contributed by atoms with E-state index in [2.05, 4.69) is 16.0 Å². The Balaban J connectivity index is 0.00000364. The Morgan fingerprint density at radius 2 is 1.81 bits per heavy atom. The van der Waals surface area contributed by atoms with Gasteiger partial charge in [0, 0.05) is 11.6 Å². The molecule has 0 radical (unpaired) electrons. The van der Waals surface area contributed by atoms with Gasteiger partial charge in [-0.25, -0.2) is 0 Å². The minimum absolute atomic E-state index is 0. The van der Waals surface area contributed by atoms with Crippen molar-refractivity contribution >= 4 is 41.5 Å². The molecule has 1 saturated carbocycles. The van der Waals surface area contributed by atoms with E-state index in [0.29, 0.717) is 17.1 Å². The van der Waals surface area contributed by atoms with Crippen LogP contribution in [0.15, 0.2) is 18.2 Å². The Morgan fingerprint density at radius 1 is 1.11 bits per heavy atom. The van der Waals surface area contributed by atoms with Crippen LogP contribution in [-0.2, 0) is 14.4 Å². The van der Waals surface area contributed by atoms with Gasteiger partial charge in [-0.2, -0.15) is 0 Å². The average Bonchev–Trinajstić information content (AvgIpc) is 2.67. The minimum Gasteiger partial charge on any atom is -0.495 e. The van der Waals surface area contributed by atoms with E-state index in [9.17, 15) is 14.4 Å². The highest BCUT2D eigenvalue weighted by atomic mass is 35.5. The van der Waals surface area contributed by atoms with Crippen LogP contribution in [0.4, 0.5) is 11.4 Å². The Labute approximate surface area is 165 Å². The first-order valence-corrected chi connectivity index (χ1v) is 8.79. The lowest BCUT2D eigenvalue weighted by Gasteiger charge is -2.21. The minimum atomic E-state index is -0.407. The van der Waals surface area contributed by atoms with E-state index in [4.69, 9.17) is 10.5 Å². The first-order valence-electron chi connectivity index (χ1n) is 8.79. The smallest absolute Gasteiger partial charge is 0.243 e. The zero-order valence-corrected chi connectivity index (χ0v) is 16.2. The van der Waals surface area contributed by atoms with E-state index in [0.717, 1.165) is 25.7 Å². The lowest BCUT2D eigenvalue weighted by Crippen LogP contribution is -2.36. The van der Waals surface area contributed by atoms with Gasteiger partial charge in [0.05, 0.1) is 25.9 Å². The maximum absolute atomic E-state index is 12.5. The summed E-state index contributed by atoms with van der Waals surface area (Å²) in [6, 6.07) is 4.98. The van der Waals surface area contributed by atoms with E-state index in [1.165, 1.54) is 13.5 Å². The number of carbonyl (C=O) groups is 3. The second kappa shape index (κ2) is 11.4. The number of hydrogen-bond donors (Lipinski definition) is 4. The first kappa shape index (κ1) is 22.7. The van der Waals surface area contributed by atoms with Gasteiger partial charge in [-0.3, -0.25) is 14.4 Å². The van der Waals surface area contributed by atoms with Crippen LogP contribution in [0.25, 0.3) is 0 Å². The van der Waals surface area contributed by atoms with Crippen molar-refractivity contribution in [2.75, 3.05) is 30.8 Å². The normalized spacial score (nSPS) is 13.9. The fraction of sp³-hybridized carbons (Fsp3) is 0.500. The number of nitrogens with one attached hydrogen (secondary N) is 3. The van der Waals surface area contributed by atoms with Crippen LogP contribution < -0.4 is 26.4 Å². The zero-order valence-electron chi connectivity index (χ0n) is 15.4. The number of halogens is 1. The lowest BCUT2D eigenvalue weighted by atomic mass is 9.88. The van der Waals surface area contributed by atoms with Gasteiger partial charge in [0.2, 0.25) is 17.7 Å². The van der Waals surface area contributed by atoms with E-state index in [1.54, 1.807) is 18.2 Å². The van der Waals surface area contributed by atoms with Crippen molar-refractivity contribution in [3.05, 3.63) is 18.2 Å². The maximum Gasteiger partial charge on any atom is 0.243 e. The summed E-state index contributed by atoms with van der Waals surface area (Å²) in [5, 5.41) is 7.96. The first-order chi connectivity index (χ1) is 12.5. The molecule has 1 aromatic carbocycles. The maximum atomic E-state index is 12.5. The summed E-state index contributed by atoms with van der Waals surface area (Å²) in [6.45, 7) is -0.348. The molecule has 1 aromatic rings. The Kier molecular flexibility index (Phi) is 9.60. The van der Waals surface area contributed by atoms with E-state index < -0.39 is 5.91 Å². The van der Waals surface area contributed by atoms with Crippen LogP contribution in [0.3, 0.4) is 0 Å². The van der Waals surface area contributed by atoms with Gasteiger partial charge < -0.3 is 26.4 Å². The molecule has 0 bridgehead atoms. The highest BCUT2D eigenvalue weighted by Crippen LogP contribution is 2.30. The van der Waals surface area contributed by atoms with Gasteiger partial charge in [0.1, 0.15) is 5.75 Å². The van der Waals surface area contributed by atoms with Crippen LogP contribution in [0.2, 0.25) is 0 Å². The van der Waals surface area contributed by atoms with Crippen LogP contribution in [0.1, 0.15) is 32.1 Å². The van der Waals surface area contributed by atoms with Crippen LogP contribution in [0.5, 0.6) is 5.75 Å². The molecule has 1 fully saturated rings. The van der Waals surface area contributed by atoms with Gasteiger partial charge in [-0.15, -0.1) is 12.4 Å². The molecule has 0 atom stereocenters. The fourth-order valence-electron chi connectivity index (χ4n) is 2.94. The summed E-state index contributed by atoms with van der Waals surface area (Å²) >= 11 is 0. The number of amides is 3. The molecule has 150 valence electrons. The highest BCUT2D eigenvalue weighted by molar-refractivity contribution is 5.97. The SMILES string of the molecule is COc1ccc(NC(=O)CNC(=O)CN)cc1NC(=O)C1CCCCC1.Cl. The molecule has 0 unspecified atom stereocenters. The molecule has 0 saturated heterocycles. The molecule has 0 spiro atoms. The molecular weight excluding hydrogens is 372 g/mol. The number of ether oxygens (including phenoxy) is 1. The number of hydrogen-bond acceptors (Lipinski definition) is 5. The quantitative estimate of drug-likeness (QED) is 0.556. The van der Waals surface area contributed by atoms with Crippen LogP contribution in [-0.4, -0.2) is 37.9 Å². The molecule has 1 aliphatic rings. The third kappa shape index (κ3) is 7.07. The molecule has 8 nitrogen and oxygen atoms in total. The van der Waals surface area contributed by atoms with E-state index in [1.807, 2.05) is 0 Å². The molecule has 5 N–H and O–H groups in total. The second-order valence-electron chi connectivity index (χ2n) is 6.27. The fourth-order valence-corrected chi connectivity index (χ4v) is 2.94. The number of rotatable bonds is 7. The number of carbonyl (C=O) groups excluding carboxylic acids is 3. The summed E-state index contributed by atoms with van der Waals surface area (Å²) in [5.74, 6) is -0.291. The molecule has 2 rings (SSSR count). The number of nitrogens with two attached hydrogens (primary N) is 1. The van der Waals surface area contributed by atoms with Crippen molar-refractivity contribution in [2.24, 2.45) is 11.7 Å². The summed E-state index contributed by atoms with van der Waals surface area (Å²) < 4.78 is 5.29. The van der Waals surface area contributed by atoms with Crippen molar-refractivity contribution < 1.29 is 19.1 Å². The van der Waals surface area contributed by atoms with Crippen LogP contribution in [0, 0.1) is 5.92 Å². The van der Waals surface area contributed by atoms with Crippen molar-refractivity contribution in [3.8, 4) is 5.75 Å². The largest absolute Gasteiger partial charge is 0.495 e. The molecule has 0 aromatic heterocycles. The molecule has 9 heteroatoms. The summed E-state index contributed by atoms with van der Waals surface area (Å²) in [7, 11) is 1.52. The van der Waals surface area contributed by atoms with Gasteiger partial charge in [0.25, 0.3) is 0 Å². The third-order valence-electron chi connectivity index (χ3n) is 4.35. The van der Waals surface area contributed by atoms with Crippen LogP contribution >= 0.6 is 12.4 Å². The highest BCUT2D eigenvalue weighted by Gasteiger charge is 2.22. The number of anilines is 2. The Morgan fingerprint density at radius 3 is 2.44 bits per heavy atom. The molecule has 27 heavy (non-hydrogen) atoms. The second-order valence-corrected chi connectivity index (χ2v) is 6.27. The molecule has 0 heterocycles. The predicted octanol–water partition coefficient (Wildman–Crippen LogP) is 1.65. The Bertz CT molecular complexity index is 663. The Hall–Kier alpha value is -2.32. The standard InChI is InChI=1S/C18H26N4O4.ClH/c1-26-15-8-7-13(21-17(24)11-20-16(23)10-19)9-14(15)22-18(25)12-5-3-2-4-6-12;/h7-9,12H,2-6,10-11,19H2,1H3,(H,20,23)(H,21,24)(H,22,25);1H. The van der Waals surface area contributed by atoms with Gasteiger partial charge in [-0.1, -0.05) is 19.3 Å². The van der Waals surface area contributed by atoms with Crippen molar-refractivity contribution in [1.29, 1.82) is 0 Å². The van der Waals surface area contributed by atoms with Gasteiger partial charge in [0.15, 0.2) is 0 Å². The molecular formula is C18H27ClN4O4. The molecule has 0 aliphatic heterocycles. The third-order valence-corrected chi connectivity index (χ3v) is 4.35. The van der Waals surface area contributed by atoms with Crippen molar-refractivity contribution in [1.82, 2.24) is 5.32 Å². The van der Waals surface area contributed by atoms with Crippen molar-refractivity contribution in [3.63, 3.8) is 0 Å². The summed E-state index contributed by atoms with van der Waals surface area (Å²) in [5.41, 5.74) is 6.18. The zero-order chi connectivity index (χ0) is 18.9. The van der Waals surface area contributed by atoms with Gasteiger partial charge >= 0.3 is 0 Å².